The van der Waals surface area contributed by atoms with Crippen LogP contribution in [0.15, 0.2) is 24.3 Å². The third-order valence-corrected chi connectivity index (χ3v) is 2.40. The zero-order valence-electron chi connectivity index (χ0n) is 7.20. The minimum absolute atomic E-state index is 0.313. The average molecular weight is 163 g/mol. The van der Waals surface area contributed by atoms with E-state index < -0.39 is 0 Å². The number of hydrogen-bond acceptors (Lipinski definition) is 2. The lowest BCUT2D eigenvalue weighted by atomic mass is 10.2. The summed E-state index contributed by atoms with van der Waals surface area (Å²) < 4.78 is 0. The summed E-state index contributed by atoms with van der Waals surface area (Å²) in [5.41, 5.74) is 2.44. The summed E-state index contributed by atoms with van der Waals surface area (Å²) in [6, 6.07) is 8.17. The number of aliphatic hydroxyl groups excluding tert-OH is 1. The molecule has 2 heteroatoms. The van der Waals surface area contributed by atoms with Gasteiger partial charge in [-0.15, -0.1) is 0 Å². The van der Waals surface area contributed by atoms with Crippen LogP contribution in [0.5, 0.6) is 0 Å². The molecule has 2 nitrogen and oxygen atoms in total. The summed E-state index contributed by atoms with van der Waals surface area (Å²) in [5, 5.41) is 9.64. The summed E-state index contributed by atoms with van der Waals surface area (Å²) in [7, 11) is 0. The van der Waals surface area contributed by atoms with Crippen LogP contribution in [0.2, 0.25) is 0 Å². The molecule has 1 aromatic rings. The maximum atomic E-state index is 9.64. The van der Waals surface area contributed by atoms with E-state index in [9.17, 15) is 5.11 Å². The molecule has 1 N–H and O–H groups in total. The Bertz CT molecular complexity index is 285. The van der Waals surface area contributed by atoms with Gasteiger partial charge in [-0.2, -0.15) is 0 Å². The van der Waals surface area contributed by atoms with Crippen LogP contribution < -0.4 is 4.90 Å². The van der Waals surface area contributed by atoms with Gasteiger partial charge in [0.15, 0.2) is 0 Å². The Hall–Kier alpha value is -1.02. The zero-order valence-corrected chi connectivity index (χ0v) is 7.20. The topological polar surface area (TPSA) is 23.5 Å². The fraction of sp³-hybridized carbons (Fsp3) is 0.400. The van der Waals surface area contributed by atoms with Crippen molar-refractivity contribution in [1.29, 1.82) is 0 Å². The van der Waals surface area contributed by atoms with Crippen LogP contribution in [0.4, 0.5) is 5.69 Å². The predicted octanol–water partition coefficient (Wildman–Crippen LogP) is 1.39. The number of hydrogen-bond donors (Lipinski definition) is 1. The minimum Gasteiger partial charge on any atom is -0.373 e. The third kappa shape index (κ3) is 0.994. The number of fused-ring (bicyclic) bond motifs is 1. The standard InChI is InChI=1S/C10H13NO/c1-2-11-9-6-4-3-5-8(9)7-10(11)12/h3-6,10,12H,2,7H2,1H3. The number of para-hydroxylation sites is 1. The first kappa shape index (κ1) is 7.62. The Labute approximate surface area is 72.4 Å². The van der Waals surface area contributed by atoms with E-state index in [-0.39, 0.29) is 6.23 Å². The second-order valence-electron chi connectivity index (χ2n) is 3.10. The van der Waals surface area contributed by atoms with E-state index in [2.05, 4.69) is 19.1 Å². The van der Waals surface area contributed by atoms with Gasteiger partial charge in [-0.05, 0) is 18.6 Å². The summed E-state index contributed by atoms with van der Waals surface area (Å²) in [4.78, 5) is 2.02. The summed E-state index contributed by atoms with van der Waals surface area (Å²) in [6.07, 6.45) is 0.455. The van der Waals surface area contributed by atoms with Crippen molar-refractivity contribution in [3.8, 4) is 0 Å². The Morgan fingerprint density at radius 2 is 2.25 bits per heavy atom. The van der Waals surface area contributed by atoms with Crippen LogP contribution in [0.1, 0.15) is 12.5 Å². The SMILES string of the molecule is CCN1c2ccccc2CC1O. The molecule has 1 heterocycles. The lowest BCUT2D eigenvalue weighted by Gasteiger charge is -2.21. The minimum atomic E-state index is -0.313. The number of rotatable bonds is 1. The maximum Gasteiger partial charge on any atom is 0.131 e. The smallest absolute Gasteiger partial charge is 0.131 e. The lowest BCUT2D eigenvalue weighted by molar-refractivity contribution is 0.180. The monoisotopic (exact) mass is 163 g/mol. The molecule has 0 saturated heterocycles. The molecule has 0 radical (unpaired) electrons. The van der Waals surface area contributed by atoms with Gasteiger partial charge in [0, 0.05) is 18.7 Å². The van der Waals surface area contributed by atoms with Crippen molar-refractivity contribution in [1.82, 2.24) is 0 Å². The van der Waals surface area contributed by atoms with Crippen LogP contribution in [-0.2, 0) is 6.42 Å². The van der Waals surface area contributed by atoms with E-state index in [1.807, 2.05) is 17.0 Å². The highest BCUT2D eigenvalue weighted by atomic mass is 16.3. The van der Waals surface area contributed by atoms with Gasteiger partial charge in [0.1, 0.15) is 6.23 Å². The first-order valence-electron chi connectivity index (χ1n) is 4.35. The highest BCUT2D eigenvalue weighted by molar-refractivity contribution is 5.58. The molecule has 0 saturated carbocycles. The first-order valence-corrected chi connectivity index (χ1v) is 4.35. The van der Waals surface area contributed by atoms with Gasteiger partial charge in [0.05, 0.1) is 0 Å². The fourth-order valence-corrected chi connectivity index (χ4v) is 1.81. The van der Waals surface area contributed by atoms with E-state index >= 15 is 0 Å². The molecule has 0 aliphatic carbocycles. The van der Waals surface area contributed by atoms with E-state index in [1.54, 1.807) is 0 Å². The molecular formula is C10H13NO. The number of aliphatic hydroxyl groups is 1. The quantitative estimate of drug-likeness (QED) is 0.676. The zero-order chi connectivity index (χ0) is 8.55. The van der Waals surface area contributed by atoms with Crippen LogP contribution in [0.3, 0.4) is 0 Å². The van der Waals surface area contributed by atoms with Crippen molar-refractivity contribution in [2.24, 2.45) is 0 Å². The molecule has 0 amide bonds. The predicted molar refractivity (Wildman–Crippen MR) is 49.2 cm³/mol. The van der Waals surface area contributed by atoms with Crippen molar-refractivity contribution >= 4 is 5.69 Å². The molecule has 12 heavy (non-hydrogen) atoms. The molecule has 0 bridgehead atoms. The van der Waals surface area contributed by atoms with Crippen LogP contribution in [0, 0.1) is 0 Å². The van der Waals surface area contributed by atoms with Gasteiger partial charge in [-0.1, -0.05) is 18.2 Å². The van der Waals surface area contributed by atoms with Crippen LogP contribution in [-0.4, -0.2) is 17.9 Å². The second kappa shape index (κ2) is 2.79. The molecule has 2 rings (SSSR count). The second-order valence-corrected chi connectivity index (χ2v) is 3.10. The third-order valence-electron chi connectivity index (χ3n) is 2.40. The molecule has 0 aromatic heterocycles. The lowest BCUT2D eigenvalue weighted by Crippen LogP contribution is -2.30. The Balaban J connectivity index is 2.40. The Morgan fingerprint density at radius 3 is 3.00 bits per heavy atom. The van der Waals surface area contributed by atoms with Crippen LogP contribution in [0.25, 0.3) is 0 Å². The summed E-state index contributed by atoms with van der Waals surface area (Å²) in [6.45, 7) is 2.93. The molecule has 1 aliphatic heterocycles. The van der Waals surface area contributed by atoms with Crippen molar-refractivity contribution in [3.05, 3.63) is 29.8 Å². The molecule has 0 spiro atoms. The fourth-order valence-electron chi connectivity index (χ4n) is 1.81. The van der Waals surface area contributed by atoms with Crippen molar-refractivity contribution < 1.29 is 5.11 Å². The summed E-state index contributed by atoms with van der Waals surface area (Å²) in [5.74, 6) is 0. The number of likely N-dealkylation sites (N-methyl/N-ethyl adjacent to an activating group) is 1. The van der Waals surface area contributed by atoms with E-state index in [0.29, 0.717) is 0 Å². The van der Waals surface area contributed by atoms with Gasteiger partial charge in [0.25, 0.3) is 0 Å². The van der Waals surface area contributed by atoms with Gasteiger partial charge < -0.3 is 10.0 Å². The maximum absolute atomic E-state index is 9.64. The number of nitrogens with zero attached hydrogens (tertiary/aromatic N) is 1. The van der Waals surface area contributed by atoms with Crippen molar-refractivity contribution in [2.75, 3.05) is 11.4 Å². The molecule has 1 unspecified atom stereocenters. The first-order chi connectivity index (χ1) is 5.83. The highest BCUT2D eigenvalue weighted by Gasteiger charge is 2.24. The van der Waals surface area contributed by atoms with E-state index in [1.165, 1.54) is 11.3 Å². The molecular weight excluding hydrogens is 150 g/mol. The molecule has 1 aromatic carbocycles. The van der Waals surface area contributed by atoms with Gasteiger partial charge in [-0.25, -0.2) is 0 Å². The van der Waals surface area contributed by atoms with Gasteiger partial charge in [0.2, 0.25) is 0 Å². The Kier molecular flexibility index (Phi) is 1.77. The molecule has 0 fully saturated rings. The summed E-state index contributed by atoms with van der Waals surface area (Å²) >= 11 is 0. The molecule has 64 valence electrons. The van der Waals surface area contributed by atoms with Gasteiger partial charge in [-0.3, -0.25) is 0 Å². The number of anilines is 1. The normalized spacial score (nSPS) is 21.2. The van der Waals surface area contributed by atoms with Crippen molar-refractivity contribution in [3.63, 3.8) is 0 Å². The van der Waals surface area contributed by atoms with E-state index in [0.717, 1.165) is 13.0 Å². The molecule has 1 atom stereocenters. The van der Waals surface area contributed by atoms with E-state index in [4.69, 9.17) is 0 Å². The average Bonchev–Trinajstić information content (AvgIpc) is 2.40. The Morgan fingerprint density at radius 1 is 1.50 bits per heavy atom. The molecule has 1 aliphatic rings. The van der Waals surface area contributed by atoms with Gasteiger partial charge >= 0.3 is 0 Å². The van der Waals surface area contributed by atoms with Crippen LogP contribution >= 0.6 is 0 Å². The number of benzene rings is 1. The van der Waals surface area contributed by atoms with Crippen molar-refractivity contribution in [2.45, 2.75) is 19.6 Å². The largest absolute Gasteiger partial charge is 0.373 e. The highest BCUT2D eigenvalue weighted by Crippen LogP contribution is 2.29.